The lowest BCUT2D eigenvalue weighted by Gasteiger charge is -2.33. The molecule has 4 nitrogen and oxygen atoms in total. The first-order chi connectivity index (χ1) is 10.2. The largest absolute Gasteiger partial charge is 0.381 e. The number of hydrogen-bond donors (Lipinski definition) is 2. The van der Waals surface area contributed by atoms with Gasteiger partial charge < -0.3 is 5.32 Å². The number of H-pyrrole nitrogens is 1. The number of likely N-dealkylation sites (tertiary alicyclic amines) is 1. The van der Waals surface area contributed by atoms with Crippen molar-refractivity contribution in [3.8, 4) is 0 Å². The molecule has 1 aromatic carbocycles. The highest BCUT2D eigenvalue weighted by atomic mass is 19.2. The predicted octanol–water partition coefficient (Wildman–Crippen LogP) is 2.76. The average Bonchev–Trinajstić information content (AvgIpc) is 2.96. The van der Waals surface area contributed by atoms with Crippen molar-refractivity contribution in [2.45, 2.75) is 25.4 Å². The average molecular weight is 292 g/mol. The fourth-order valence-corrected chi connectivity index (χ4v) is 2.75. The second kappa shape index (κ2) is 6.22. The molecule has 1 saturated heterocycles. The van der Waals surface area contributed by atoms with Gasteiger partial charge in [0.05, 0.1) is 0 Å². The lowest BCUT2D eigenvalue weighted by atomic mass is 10.0. The van der Waals surface area contributed by atoms with Gasteiger partial charge in [0, 0.05) is 42.8 Å². The zero-order valence-corrected chi connectivity index (χ0v) is 11.6. The highest BCUT2D eigenvalue weighted by Gasteiger charge is 2.20. The Labute approximate surface area is 122 Å². The van der Waals surface area contributed by atoms with Gasteiger partial charge in [-0.05, 0) is 37.6 Å². The van der Waals surface area contributed by atoms with E-state index in [0.717, 1.165) is 44.2 Å². The fourth-order valence-electron chi connectivity index (χ4n) is 2.75. The molecule has 1 aliphatic rings. The summed E-state index contributed by atoms with van der Waals surface area (Å²) in [6.45, 7) is 2.74. The van der Waals surface area contributed by atoms with E-state index >= 15 is 0 Å². The molecule has 0 radical (unpaired) electrons. The molecule has 0 amide bonds. The molecule has 112 valence electrons. The van der Waals surface area contributed by atoms with E-state index in [9.17, 15) is 8.78 Å². The Morgan fingerprint density at radius 3 is 2.95 bits per heavy atom. The van der Waals surface area contributed by atoms with E-state index in [0.29, 0.717) is 5.69 Å². The molecule has 2 heterocycles. The molecule has 0 unspecified atom stereocenters. The Morgan fingerprint density at radius 1 is 1.29 bits per heavy atom. The maximum atomic E-state index is 13.2. The van der Waals surface area contributed by atoms with Gasteiger partial charge in [0.1, 0.15) is 0 Å². The highest BCUT2D eigenvalue weighted by Crippen LogP contribution is 2.19. The first kappa shape index (κ1) is 14.0. The van der Waals surface area contributed by atoms with Gasteiger partial charge in [0.25, 0.3) is 0 Å². The molecule has 0 bridgehead atoms. The molecular weight excluding hydrogens is 274 g/mol. The monoisotopic (exact) mass is 292 g/mol. The number of nitrogens with one attached hydrogen (secondary N) is 2. The van der Waals surface area contributed by atoms with Crippen LogP contribution in [-0.2, 0) is 6.54 Å². The number of nitrogens with zero attached hydrogens (tertiary/aromatic N) is 2. The normalized spacial score (nSPS) is 19.6. The van der Waals surface area contributed by atoms with Crippen LogP contribution in [0.25, 0.3) is 0 Å². The van der Waals surface area contributed by atoms with Crippen LogP contribution in [0.5, 0.6) is 0 Å². The third-order valence-electron chi connectivity index (χ3n) is 3.75. The smallest absolute Gasteiger partial charge is 0.160 e. The van der Waals surface area contributed by atoms with Crippen molar-refractivity contribution in [3.05, 3.63) is 47.8 Å². The maximum absolute atomic E-state index is 13.2. The highest BCUT2D eigenvalue weighted by molar-refractivity contribution is 5.44. The summed E-state index contributed by atoms with van der Waals surface area (Å²) in [4.78, 5) is 2.33. The van der Waals surface area contributed by atoms with E-state index in [1.54, 1.807) is 12.3 Å². The molecular formula is C15H18F2N4. The molecule has 6 heteroatoms. The molecule has 2 aromatic rings. The maximum Gasteiger partial charge on any atom is 0.160 e. The summed E-state index contributed by atoms with van der Waals surface area (Å²) >= 11 is 0. The second-order valence-corrected chi connectivity index (χ2v) is 5.43. The number of aromatic amines is 1. The zero-order chi connectivity index (χ0) is 14.7. The summed E-state index contributed by atoms with van der Waals surface area (Å²) in [5, 5.41) is 10.2. The topological polar surface area (TPSA) is 44.0 Å². The summed E-state index contributed by atoms with van der Waals surface area (Å²) in [5.41, 5.74) is 1.71. The lowest BCUT2D eigenvalue weighted by molar-refractivity contribution is 0.206. The van der Waals surface area contributed by atoms with Gasteiger partial charge in [-0.1, -0.05) is 0 Å². The number of aromatic nitrogens is 2. The van der Waals surface area contributed by atoms with Crippen molar-refractivity contribution >= 4 is 5.69 Å². The minimum absolute atomic E-state index is 0.242. The van der Waals surface area contributed by atoms with E-state index in [-0.39, 0.29) is 6.04 Å². The number of piperidine rings is 1. The number of anilines is 1. The van der Waals surface area contributed by atoms with Crippen molar-refractivity contribution < 1.29 is 8.78 Å². The van der Waals surface area contributed by atoms with Crippen LogP contribution in [0.1, 0.15) is 18.5 Å². The van der Waals surface area contributed by atoms with E-state index in [1.165, 1.54) is 6.07 Å². The van der Waals surface area contributed by atoms with Crippen LogP contribution in [0.2, 0.25) is 0 Å². The molecule has 1 atom stereocenters. The van der Waals surface area contributed by atoms with Crippen molar-refractivity contribution in [3.63, 3.8) is 0 Å². The third kappa shape index (κ3) is 3.58. The van der Waals surface area contributed by atoms with Crippen LogP contribution in [0.4, 0.5) is 14.5 Å². The van der Waals surface area contributed by atoms with E-state index in [1.807, 2.05) is 6.07 Å². The molecule has 21 heavy (non-hydrogen) atoms. The summed E-state index contributed by atoms with van der Waals surface area (Å²) in [7, 11) is 0. The number of rotatable bonds is 4. The molecule has 1 aliphatic heterocycles. The molecule has 1 aromatic heterocycles. The first-order valence-corrected chi connectivity index (χ1v) is 7.13. The fraction of sp³-hybridized carbons (Fsp3) is 0.400. The molecule has 0 spiro atoms. The minimum atomic E-state index is -0.815. The van der Waals surface area contributed by atoms with Crippen LogP contribution < -0.4 is 5.32 Å². The van der Waals surface area contributed by atoms with E-state index in [2.05, 4.69) is 20.4 Å². The van der Waals surface area contributed by atoms with Crippen LogP contribution >= 0.6 is 0 Å². The SMILES string of the molecule is Fc1ccc(N[C@@H]2CCCN(Cc3ccn[nH]3)C2)cc1F. The third-order valence-corrected chi connectivity index (χ3v) is 3.75. The Hall–Kier alpha value is -1.95. The number of hydrogen-bond acceptors (Lipinski definition) is 3. The molecule has 3 rings (SSSR count). The standard InChI is InChI=1S/C15H18F2N4/c16-14-4-3-11(8-15(14)17)19-12-2-1-7-21(9-12)10-13-5-6-18-20-13/h3-6,8,12,19H,1-2,7,9-10H2,(H,18,20)/t12-/m1/s1. The summed E-state index contributed by atoms with van der Waals surface area (Å²) in [5.74, 6) is -1.63. The first-order valence-electron chi connectivity index (χ1n) is 7.13. The second-order valence-electron chi connectivity index (χ2n) is 5.43. The van der Waals surface area contributed by atoms with Gasteiger partial charge in [-0.2, -0.15) is 5.10 Å². The van der Waals surface area contributed by atoms with Crippen LogP contribution in [0.15, 0.2) is 30.5 Å². The van der Waals surface area contributed by atoms with Gasteiger partial charge in [-0.25, -0.2) is 8.78 Å². The van der Waals surface area contributed by atoms with Crippen LogP contribution in [0, 0.1) is 11.6 Å². The minimum Gasteiger partial charge on any atom is -0.381 e. The number of benzene rings is 1. The van der Waals surface area contributed by atoms with Gasteiger partial charge in [0.2, 0.25) is 0 Å². The van der Waals surface area contributed by atoms with Crippen molar-refractivity contribution in [1.29, 1.82) is 0 Å². The Bertz CT molecular complexity index is 585. The Kier molecular flexibility index (Phi) is 4.15. The van der Waals surface area contributed by atoms with Gasteiger partial charge >= 0.3 is 0 Å². The molecule has 0 aliphatic carbocycles. The van der Waals surface area contributed by atoms with Crippen molar-refractivity contribution in [1.82, 2.24) is 15.1 Å². The molecule has 1 fully saturated rings. The van der Waals surface area contributed by atoms with Crippen molar-refractivity contribution in [2.24, 2.45) is 0 Å². The van der Waals surface area contributed by atoms with E-state index in [4.69, 9.17) is 0 Å². The predicted molar refractivity (Wildman–Crippen MR) is 76.9 cm³/mol. The van der Waals surface area contributed by atoms with Crippen LogP contribution in [-0.4, -0.2) is 34.2 Å². The van der Waals surface area contributed by atoms with Crippen LogP contribution in [0.3, 0.4) is 0 Å². The molecule has 0 saturated carbocycles. The lowest BCUT2D eigenvalue weighted by Crippen LogP contribution is -2.41. The van der Waals surface area contributed by atoms with Gasteiger partial charge in [-0.15, -0.1) is 0 Å². The van der Waals surface area contributed by atoms with Gasteiger partial charge in [-0.3, -0.25) is 10.00 Å². The Morgan fingerprint density at radius 2 is 2.19 bits per heavy atom. The Balaban J connectivity index is 1.59. The summed E-state index contributed by atoms with van der Waals surface area (Å²) < 4.78 is 26.2. The van der Waals surface area contributed by atoms with Gasteiger partial charge in [0.15, 0.2) is 11.6 Å². The molecule has 2 N–H and O–H groups in total. The number of halogens is 2. The van der Waals surface area contributed by atoms with E-state index < -0.39 is 11.6 Å². The summed E-state index contributed by atoms with van der Waals surface area (Å²) in [6.07, 6.45) is 3.85. The summed E-state index contributed by atoms with van der Waals surface area (Å²) in [6, 6.07) is 6.15. The van der Waals surface area contributed by atoms with Crippen molar-refractivity contribution in [2.75, 3.05) is 18.4 Å². The zero-order valence-electron chi connectivity index (χ0n) is 11.6. The quantitative estimate of drug-likeness (QED) is 0.910.